The summed E-state index contributed by atoms with van der Waals surface area (Å²) in [5, 5.41) is 10.9. The number of benzene rings is 1. The number of ketones is 1. The number of aliphatic hydroxyl groups is 1. The number of esters is 1. The Morgan fingerprint density at radius 3 is 2.81 bits per heavy atom. The van der Waals surface area contributed by atoms with Crippen molar-refractivity contribution in [3.8, 4) is 0 Å². The van der Waals surface area contributed by atoms with Crippen LogP contribution in [0.1, 0.15) is 50.1 Å². The van der Waals surface area contributed by atoms with E-state index in [0.717, 1.165) is 29.7 Å². The van der Waals surface area contributed by atoms with E-state index < -0.39 is 0 Å². The van der Waals surface area contributed by atoms with Crippen molar-refractivity contribution in [1.82, 2.24) is 0 Å². The average Bonchev–Trinajstić information content (AvgIpc) is 3.27. The third kappa shape index (κ3) is 2.57. The quantitative estimate of drug-likeness (QED) is 0.646. The Hall–Kier alpha value is -2.73. The van der Waals surface area contributed by atoms with Crippen LogP contribution < -0.4 is 0 Å². The predicted octanol–water partition coefficient (Wildman–Crippen LogP) is 4.28. The largest absolute Gasteiger partial charge is 0.506 e. The van der Waals surface area contributed by atoms with Crippen LogP contribution in [0.4, 0.5) is 5.00 Å². The monoisotopic (exact) mass is 367 g/mol. The van der Waals surface area contributed by atoms with Crippen LogP contribution in [0.2, 0.25) is 0 Å². The van der Waals surface area contributed by atoms with E-state index in [9.17, 15) is 14.7 Å². The number of ether oxygens (including phenoxy) is 1. The Balaban J connectivity index is 1.72. The lowest BCUT2D eigenvalue weighted by Crippen LogP contribution is -2.06. The molecule has 26 heavy (non-hydrogen) atoms. The third-order valence-corrected chi connectivity index (χ3v) is 5.82. The molecule has 2 aliphatic carbocycles. The van der Waals surface area contributed by atoms with Gasteiger partial charge in [-0.25, -0.2) is 9.79 Å². The summed E-state index contributed by atoms with van der Waals surface area (Å²) in [7, 11) is 0. The topological polar surface area (TPSA) is 76.0 Å². The van der Waals surface area contributed by atoms with Gasteiger partial charge in [-0.3, -0.25) is 4.79 Å². The minimum absolute atomic E-state index is 0.0730. The molecular weight excluding hydrogens is 350 g/mol. The van der Waals surface area contributed by atoms with Gasteiger partial charge in [-0.2, -0.15) is 0 Å². The van der Waals surface area contributed by atoms with Crippen LogP contribution in [0.5, 0.6) is 0 Å². The van der Waals surface area contributed by atoms with Gasteiger partial charge in [0.25, 0.3) is 0 Å². The fourth-order valence-corrected chi connectivity index (χ4v) is 4.64. The first-order valence-corrected chi connectivity index (χ1v) is 9.36. The first-order chi connectivity index (χ1) is 12.6. The maximum Gasteiger partial charge on any atom is 0.341 e. The van der Waals surface area contributed by atoms with Gasteiger partial charge in [-0.05, 0) is 31.7 Å². The lowest BCUT2D eigenvalue weighted by Gasteiger charge is -2.03. The molecule has 0 saturated carbocycles. The van der Waals surface area contributed by atoms with Gasteiger partial charge < -0.3 is 9.84 Å². The summed E-state index contributed by atoms with van der Waals surface area (Å²) in [5.74, 6) is -0.710. The number of Topliss-reactive ketones (excluding diaryl/α,β-unsaturated/α-hetero) is 1. The summed E-state index contributed by atoms with van der Waals surface area (Å²) in [6.45, 7) is 2.07. The molecular formula is C20H17NO4S. The molecule has 4 rings (SSSR count). The second-order valence-electron chi connectivity index (χ2n) is 6.15. The molecule has 0 amide bonds. The normalized spacial score (nSPS) is 15.7. The first kappa shape index (κ1) is 16.7. The number of carbonyl (C=O) groups is 2. The second-order valence-corrected chi connectivity index (χ2v) is 7.24. The standard InChI is InChI=1S/C20H17NO4S/c1-2-25-20(24)16-13-8-5-9-15(13)26-19(16)21-10-14-17(22)11-6-3-4-7-12(11)18(14)23/h3-4,6-7,10,22H,2,5,8-9H2,1H3/b21-10+. The molecule has 0 aliphatic heterocycles. The van der Waals surface area contributed by atoms with Crippen molar-refractivity contribution in [2.75, 3.05) is 6.61 Å². The summed E-state index contributed by atoms with van der Waals surface area (Å²) >= 11 is 1.46. The maximum atomic E-state index is 12.5. The highest BCUT2D eigenvalue weighted by atomic mass is 32.1. The van der Waals surface area contributed by atoms with Gasteiger partial charge >= 0.3 is 5.97 Å². The summed E-state index contributed by atoms with van der Waals surface area (Å²) in [5.41, 5.74) is 2.64. The molecule has 6 heteroatoms. The maximum absolute atomic E-state index is 12.5. The Bertz CT molecular complexity index is 984. The van der Waals surface area contributed by atoms with E-state index in [4.69, 9.17) is 4.74 Å². The molecule has 0 bridgehead atoms. The average molecular weight is 367 g/mol. The summed E-state index contributed by atoms with van der Waals surface area (Å²) in [6, 6.07) is 6.91. The summed E-state index contributed by atoms with van der Waals surface area (Å²) in [4.78, 5) is 30.4. The van der Waals surface area contributed by atoms with Gasteiger partial charge in [0.05, 0.1) is 17.7 Å². The van der Waals surface area contributed by atoms with Gasteiger partial charge in [0, 0.05) is 22.2 Å². The molecule has 0 fully saturated rings. The lowest BCUT2D eigenvalue weighted by atomic mass is 10.1. The highest BCUT2D eigenvalue weighted by Crippen LogP contribution is 2.41. The zero-order valence-corrected chi connectivity index (χ0v) is 15.1. The molecule has 1 N–H and O–H groups in total. The van der Waals surface area contributed by atoms with Crippen molar-refractivity contribution >= 4 is 40.1 Å². The highest BCUT2D eigenvalue weighted by Gasteiger charge is 2.30. The molecule has 0 atom stereocenters. The molecule has 1 aromatic heterocycles. The van der Waals surface area contributed by atoms with Gasteiger partial charge in [0.2, 0.25) is 0 Å². The van der Waals surface area contributed by atoms with E-state index in [2.05, 4.69) is 4.99 Å². The molecule has 132 valence electrons. The number of allylic oxidation sites excluding steroid dienone is 1. The van der Waals surface area contributed by atoms with Crippen molar-refractivity contribution < 1.29 is 19.4 Å². The first-order valence-electron chi connectivity index (χ1n) is 8.54. The van der Waals surface area contributed by atoms with Crippen molar-refractivity contribution in [2.24, 2.45) is 4.99 Å². The van der Waals surface area contributed by atoms with Crippen molar-refractivity contribution in [2.45, 2.75) is 26.2 Å². The fraction of sp³-hybridized carbons (Fsp3) is 0.250. The van der Waals surface area contributed by atoms with Crippen molar-refractivity contribution in [3.63, 3.8) is 0 Å². The number of rotatable bonds is 4. The molecule has 0 unspecified atom stereocenters. The van der Waals surface area contributed by atoms with Crippen molar-refractivity contribution in [3.05, 3.63) is 57.0 Å². The van der Waals surface area contributed by atoms with Crippen LogP contribution >= 0.6 is 11.3 Å². The number of aryl methyl sites for hydroxylation is 1. The Morgan fingerprint density at radius 1 is 1.31 bits per heavy atom. The number of aliphatic imine (C=N–C) groups is 1. The fourth-order valence-electron chi connectivity index (χ4n) is 3.42. The lowest BCUT2D eigenvalue weighted by molar-refractivity contribution is 0.0526. The Morgan fingerprint density at radius 2 is 2.08 bits per heavy atom. The zero-order valence-electron chi connectivity index (χ0n) is 14.2. The molecule has 0 spiro atoms. The molecule has 0 radical (unpaired) electrons. The molecule has 1 heterocycles. The predicted molar refractivity (Wildman–Crippen MR) is 101 cm³/mol. The van der Waals surface area contributed by atoms with Crippen molar-refractivity contribution in [1.29, 1.82) is 0 Å². The van der Waals surface area contributed by atoms with Crippen LogP contribution in [-0.2, 0) is 17.6 Å². The minimum Gasteiger partial charge on any atom is -0.506 e. The van der Waals surface area contributed by atoms with Crippen LogP contribution in [0.25, 0.3) is 5.76 Å². The van der Waals surface area contributed by atoms with E-state index in [1.54, 1.807) is 31.2 Å². The van der Waals surface area contributed by atoms with Gasteiger partial charge in [0.15, 0.2) is 5.78 Å². The second kappa shape index (κ2) is 6.53. The van der Waals surface area contributed by atoms with Gasteiger partial charge in [-0.15, -0.1) is 11.3 Å². The van der Waals surface area contributed by atoms with E-state index in [0.29, 0.717) is 28.3 Å². The number of hydrogen-bond donors (Lipinski definition) is 1. The Kier molecular flexibility index (Phi) is 4.20. The van der Waals surface area contributed by atoms with Crippen LogP contribution in [0.3, 0.4) is 0 Å². The number of thiophene rings is 1. The molecule has 0 saturated heterocycles. The third-order valence-electron chi connectivity index (χ3n) is 4.62. The summed E-state index contributed by atoms with van der Waals surface area (Å²) in [6.07, 6.45) is 4.16. The SMILES string of the molecule is CCOC(=O)c1c(/N=C/C2=C(O)c3ccccc3C2=O)sc2c1CCC2. The number of aliphatic hydroxyl groups excluding tert-OH is 1. The number of hydrogen-bond acceptors (Lipinski definition) is 6. The van der Waals surface area contributed by atoms with E-state index >= 15 is 0 Å². The molecule has 2 aromatic rings. The summed E-state index contributed by atoms with van der Waals surface area (Å²) < 4.78 is 5.18. The van der Waals surface area contributed by atoms with Gasteiger partial charge in [0.1, 0.15) is 10.8 Å². The highest BCUT2D eigenvalue weighted by molar-refractivity contribution is 7.16. The number of nitrogens with zero attached hydrogens (tertiary/aromatic N) is 1. The van der Waals surface area contributed by atoms with E-state index in [1.807, 2.05) is 0 Å². The van der Waals surface area contributed by atoms with Gasteiger partial charge in [-0.1, -0.05) is 24.3 Å². The Labute approximate surface area is 154 Å². The van der Waals surface area contributed by atoms with E-state index in [1.165, 1.54) is 17.6 Å². The zero-order chi connectivity index (χ0) is 18.3. The minimum atomic E-state index is -0.377. The van der Waals surface area contributed by atoms with Crippen LogP contribution in [0, 0.1) is 0 Å². The molecule has 2 aliphatic rings. The van der Waals surface area contributed by atoms with Crippen LogP contribution in [-0.4, -0.2) is 29.7 Å². The molecule has 1 aromatic carbocycles. The van der Waals surface area contributed by atoms with Crippen LogP contribution in [0.15, 0.2) is 34.8 Å². The number of fused-ring (bicyclic) bond motifs is 2. The smallest absolute Gasteiger partial charge is 0.341 e. The number of carbonyl (C=O) groups excluding carboxylic acids is 2. The van der Waals surface area contributed by atoms with E-state index in [-0.39, 0.29) is 23.1 Å². The molecule has 5 nitrogen and oxygen atoms in total.